The molecule has 0 bridgehead atoms. The first kappa shape index (κ1) is 20.6. The van der Waals surface area contributed by atoms with Crippen molar-refractivity contribution < 1.29 is 17.6 Å². The summed E-state index contributed by atoms with van der Waals surface area (Å²) in [5.41, 5.74) is 2.65. The zero-order valence-electron chi connectivity index (χ0n) is 16.7. The first-order chi connectivity index (χ1) is 14.5. The van der Waals surface area contributed by atoms with Crippen molar-refractivity contribution in [3.05, 3.63) is 70.5 Å². The van der Waals surface area contributed by atoms with Crippen LogP contribution in [0, 0.1) is 6.92 Å². The minimum Gasteiger partial charge on any atom is -0.461 e. The van der Waals surface area contributed by atoms with Gasteiger partial charge in [-0.15, -0.1) is 15.7 Å². The Kier molecular flexibility index (Phi) is 5.90. The molecule has 0 radical (unpaired) electrons. The van der Waals surface area contributed by atoms with Crippen LogP contribution in [0.15, 0.2) is 73.7 Å². The van der Waals surface area contributed by atoms with Crippen molar-refractivity contribution in [2.24, 2.45) is 4.40 Å². The van der Waals surface area contributed by atoms with Crippen molar-refractivity contribution in [1.29, 1.82) is 0 Å². The quantitative estimate of drug-likeness (QED) is 0.392. The number of thiazole rings is 1. The number of benzene rings is 2. The standard InChI is InChI=1S/C22H22N2O4S2/c1-16-21(18-11-6-7-12-20(18)28-16)19-15-29-22(24(19)13-8-14-27-2)23-30(25,26)17-9-4-3-5-10-17/h3-7,9-12,15H,8,13-14H2,1-2H3. The molecule has 0 unspecified atom stereocenters. The van der Waals surface area contributed by atoms with Crippen LogP contribution < -0.4 is 4.80 Å². The van der Waals surface area contributed by atoms with Crippen LogP contribution in [0.4, 0.5) is 0 Å². The van der Waals surface area contributed by atoms with E-state index in [9.17, 15) is 8.42 Å². The van der Waals surface area contributed by atoms with Crippen LogP contribution >= 0.6 is 11.3 Å². The van der Waals surface area contributed by atoms with Crippen molar-refractivity contribution in [3.63, 3.8) is 0 Å². The fourth-order valence-corrected chi connectivity index (χ4v) is 5.58. The number of nitrogens with zero attached hydrogens (tertiary/aromatic N) is 2. The molecule has 4 rings (SSSR count). The zero-order chi connectivity index (χ0) is 21.1. The van der Waals surface area contributed by atoms with Gasteiger partial charge in [-0.05, 0) is 31.5 Å². The van der Waals surface area contributed by atoms with Gasteiger partial charge in [0.05, 0.1) is 10.6 Å². The molecule has 0 aliphatic rings. The highest BCUT2D eigenvalue weighted by molar-refractivity contribution is 7.90. The number of ether oxygens (including phenoxy) is 1. The fourth-order valence-electron chi connectivity index (χ4n) is 3.42. The summed E-state index contributed by atoms with van der Waals surface area (Å²) in [7, 11) is -2.16. The van der Waals surface area contributed by atoms with Crippen LogP contribution in [0.3, 0.4) is 0 Å². The number of hydrogen-bond donors (Lipinski definition) is 0. The van der Waals surface area contributed by atoms with E-state index in [2.05, 4.69) is 4.40 Å². The van der Waals surface area contributed by atoms with E-state index in [0.717, 1.165) is 34.4 Å². The predicted octanol–water partition coefficient (Wildman–Crippen LogP) is 4.60. The van der Waals surface area contributed by atoms with E-state index in [1.54, 1.807) is 37.4 Å². The van der Waals surface area contributed by atoms with Gasteiger partial charge in [-0.2, -0.15) is 8.42 Å². The maximum absolute atomic E-state index is 12.8. The van der Waals surface area contributed by atoms with E-state index < -0.39 is 10.0 Å². The number of fused-ring (bicyclic) bond motifs is 1. The normalized spacial score (nSPS) is 12.7. The molecule has 2 aromatic heterocycles. The van der Waals surface area contributed by atoms with Crippen molar-refractivity contribution in [1.82, 2.24) is 4.57 Å². The molecular formula is C22H22N2O4S2. The Morgan fingerprint density at radius 3 is 2.60 bits per heavy atom. The summed E-state index contributed by atoms with van der Waals surface area (Å²) >= 11 is 1.31. The molecule has 6 nitrogen and oxygen atoms in total. The molecule has 2 heterocycles. The SMILES string of the molecule is COCCCn1c(-c2c(C)oc3ccccc23)csc1=NS(=O)(=O)c1ccccc1. The second-order valence-corrected chi connectivity index (χ2v) is 9.25. The van der Waals surface area contributed by atoms with E-state index in [-0.39, 0.29) is 4.90 Å². The van der Waals surface area contributed by atoms with Gasteiger partial charge in [0.15, 0.2) is 0 Å². The van der Waals surface area contributed by atoms with Gasteiger partial charge in [0, 0.05) is 36.6 Å². The Bertz CT molecular complexity index is 1330. The monoisotopic (exact) mass is 442 g/mol. The Labute approximate surface area is 179 Å². The fraction of sp³-hybridized carbons (Fsp3) is 0.227. The molecule has 156 valence electrons. The molecule has 0 N–H and O–H groups in total. The average Bonchev–Trinajstić information content (AvgIpc) is 3.28. The molecule has 0 aliphatic carbocycles. The zero-order valence-corrected chi connectivity index (χ0v) is 18.4. The summed E-state index contributed by atoms with van der Waals surface area (Å²) in [4.78, 5) is 0.600. The third-order valence-corrected chi connectivity index (χ3v) is 7.06. The molecule has 0 spiro atoms. The highest BCUT2D eigenvalue weighted by Crippen LogP contribution is 2.34. The van der Waals surface area contributed by atoms with Crippen LogP contribution in [0.2, 0.25) is 0 Å². The van der Waals surface area contributed by atoms with E-state index in [0.29, 0.717) is 18.0 Å². The Balaban J connectivity index is 1.89. The third-order valence-electron chi connectivity index (χ3n) is 4.79. The Morgan fingerprint density at radius 1 is 1.10 bits per heavy atom. The molecule has 0 atom stereocenters. The average molecular weight is 443 g/mol. The van der Waals surface area contributed by atoms with E-state index in [1.165, 1.54) is 11.3 Å². The molecule has 0 saturated carbocycles. The van der Waals surface area contributed by atoms with Gasteiger partial charge in [0.2, 0.25) is 4.80 Å². The van der Waals surface area contributed by atoms with Crippen LogP contribution in [0.25, 0.3) is 22.2 Å². The van der Waals surface area contributed by atoms with Crippen LogP contribution in [-0.2, 0) is 21.3 Å². The number of methoxy groups -OCH3 is 1. The van der Waals surface area contributed by atoms with Crippen molar-refractivity contribution in [3.8, 4) is 11.3 Å². The largest absolute Gasteiger partial charge is 0.461 e. The minimum absolute atomic E-state index is 0.174. The highest BCUT2D eigenvalue weighted by Gasteiger charge is 2.19. The third kappa shape index (κ3) is 3.98. The van der Waals surface area contributed by atoms with E-state index >= 15 is 0 Å². The van der Waals surface area contributed by atoms with Gasteiger partial charge in [-0.1, -0.05) is 36.4 Å². The number of aryl methyl sites for hydroxylation is 1. The lowest BCUT2D eigenvalue weighted by Gasteiger charge is -2.09. The number of sulfonamides is 1. The molecule has 0 saturated heterocycles. The van der Waals surface area contributed by atoms with Crippen LogP contribution in [-0.4, -0.2) is 26.7 Å². The number of para-hydroxylation sites is 1. The van der Waals surface area contributed by atoms with Gasteiger partial charge in [0.1, 0.15) is 11.3 Å². The van der Waals surface area contributed by atoms with Gasteiger partial charge in [-0.25, -0.2) is 0 Å². The molecule has 8 heteroatoms. The second-order valence-electron chi connectivity index (χ2n) is 6.81. The number of aromatic nitrogens is 1. The number of rotatable bonds is 7. The molecular weight excluding hydrogens is 420 g/mol. The summed E-state index contributed by atoms with van der Waals surface area (Å²) in [5, 5.41) is 2.93. The Morgan fingerprint density at radius 2 is 1.83 bits per heavy atom. The molecule has 4 aromatic rings. The maximum Gasteiger partial charge on any atom is 0.285 e. The summed E-state index contributed by atoms with van der Waals surface area (Å²) in [5.74, 6) is 0.784. The van der Waals surface area contributed by atoms with Crippen LogP contribution in [0.5, 0.6) is 0 Å². The molecule has 30 heavy (non-hydrogen) atoms. The van der Waals surface area contributed by atoms with Crippen LogP contribution in [0.1, 0.15) is 12.2 Å². The highest BCUT2D eigenvalue weighted by atomic mass is 32.2. The Hall–Kier alpha value is -2.68. The predicted molar refractivity (Wildman–Crippen MR) is 118 cm³/mol. The van der Waals surface area contributed by atoms with Gasteiger partial charge < -0.3 is 13.7 Å². The lowest BCUT2D eigenvalue weighted by molar-refractivity contribution is 0.190. The number of furan rings is 1. The van der Waals surface area contributed by atoms with Gasteiger partial charge in [-0.3, -0.25) is 0 Å². The summed E-state index contributed by atoms with van der Waals surface area (Å²) in [6, 6.07) is 16.1. The summed E-state index contributed by atoms with van der Waals surface area (Å²) in [6.07, 6.45) is 0.730. The van der Waals surface area contributed by atoms with Crippen molar-refractivity contribution in [2.75, 3.05) is 13.7 Å². The molecule has 2 aromatic carbocycles. The smallest absolute Gasteiger partial charge is 0.285 e. The lowest BCUT2D eigenvalue weighted by atomic mass is 10.1. The van der Waals surface area contributed by atoms with Gasteiger partial charge >= 0.3 is 0 Å². The first-order valence-corrected chi connectivity index (χ1v) is 11.8. The lowest BCUT2D eigenvalue weighted by Crippen LogP contribution is -2.19. The molecule has 0 amide bonds. The second kappa shape index (κ2) is 8.59. The minimum atomic E-state index is -3.81. The number of hydrogen-bond acceptors (Lipinski definition) is 5. The molecule has 0 fully saturated rings. The maximum atomic E-state index is 12.8. The van der Waals surface area contributed by atoms with Crippen molar-refractivity contribution in [2.45, 2.75) is 24.8 Å². The summed E-state index contributed by atoms with van der Waals surface area (Å²) < 4.78 is 42.9. The molecule has 0 aliphatic heterocycles. The first-order valence-electron chi connectivity index (χ1n) is 9.53. The van der Waals surface area contributed by atoms with E-state index in [4.69, 9.17) is 9.15 Å². The van der Waals surface area contributed by atoms with E-state index in [1.807, 2.05) is 41.1 Å². The topological polar surface area (TPSA) is 73.8 Å². The van der Waals surface area contributed by atoms with Crippen molar-refractivity contribution >= 4 is 32.3 Å². The summed E-state index contributed by atoms with van der Waals surface area (Å²) in [6.45, 7) is 3.07. The van der Waals surface area contributed by atoms with Gasteiger partial charge in [0.25, 0.3) is 10.0 Å².